The second kappa shape index (κ2) is 13.5. The topological polar surface area (TPSA) is 0 Å². The summed E-state index contributed by atoms with van der Waals surface area (Å²) in [5, 5.41) is 0. The molecule has 0 saturated carbocycles. The van der Waals surface area contributed by atoms with Crippen molar-refractivity contribution < 1.29 is 8.97 Å². The number of quaternary nitrogens is 2. The minimum absolute atomic E-state index is 1.14. The van der Waals surface area contributed by atoms with Gasteiger partial charge in [0.15, 0.2) is 0 Å². The molecule has 0 bridgehead atoms. The van der Waals surface area contributed by atoms with Crippen LogP contribution < -0.4 is 0 Å². The molecule has 216 valence electrons. The van der Waals surface area contributed by atoms with Crippen molar-refractivity contribution in [1.82, 2.24) is 0 Å². The van der Waals surface area contributed by atoms with Gasteiger partial charge in [-0.25, -0.2) is 0 Å². The molecule has 0 aromatic heterocycles. The van der Waals surface area contributed by atoms with Crippen LogP contribution in [-0.2, 0) is 0 Å². The van der Waals surface area contributed by atoms with E-state index in [1.54, 1.807) is 11.1 Å². The minimum atomic E-state index is 1.14. The summed E-state index contributed by atoms with van der Waals surface area (Å²) >= 11 is 0. The summed E-state index contributed by atoms with van der Waals surface area (Å²) in [6.45, 7) is 4.94. The molecule has 6 rings (SSSR count). The molecule has 2 saturated heterocycles. The largest absolute Gasteiger partial charge is 0.328 e. The number of rotatable bonds is 4. The van der Waals surface area contributed by atoms with Gasteiger partial charge >= 0.3 is 0 Å². The van der Waals surface area contributed by atoms with E-state index in [0.717, 1.165) is 8.97 Å². The molecule has 0 radical (unpaired) electrons. The number of nitrogens with zero attached hydrogens (tertiary/aromatic N) is 2. The van der Waals surface area contributed by atoms with Gasteiger partial charge in [-0.2, -0.15) is 0 Å². The maximum Gasteiger partial charge on any atom is 0.0820 e. The fourth-order valence-corrected chi connectivity index (χ4v) is 6.29. The molecule has 0 N–H and O–H groups in total. The molecule has 42 heavy (non-hydrogen) atoms. The highest BCUT2D eigenvalue weighted by Crippen LogP contribution is 2.34. The van der Waals surface area contributed by atoms with Crippen molar-refractivity contribution in [3.05, 3.63) is 155 Å². The standard InChI is InChI=1S/2C20H24N/c2*1-21(2)15-13-19(14-16-21)20(17-9-5-3-6-10-17)18-11-7-4-8-12-18/h2*3-12H,13-16H2,1-2H3/q2*+1. The van der Waals surface area contributed by atoms with Crippen LogP contribution in [0.15, 0.2) is 132 Å². The van der Waals surface area contributed by atoms with Gasteiger partial charge < -0.3 is 8.97 Å². The van der Waals surface area contributed by atoms with Gasteiger partial charge in [-0.1, -0.05) is 132 Å². The normalized spacial score (nSPS) is 17.5. The van der Waals surface area contributed by atoms with Gasteiger partial charge in [0.25, 0.3) is 0 Å². The van der Waals surface area contributed by atoms with Crippen LogP contribution in [0.1, 0.15) is 47.9 Å². The molecule has 4 aromatic rings. The Morgan fingerprint density at radius 3 is 0.786 bits per heavy atom. The van der Waals surface area contributed by atoms with Gasteiger partial charge in [0.05, 0.1) is 54.4 Å². The second-order valence-electron chi connectivity index (χ2n) is 13.2. The van der Waals surface area contributed by atoms with E-state index in [1.165, 1.54) is 85.3 Å². The molecule has 2 heterocycles. The van der Waals surface area contributed by atoms with E-state index in [0.29, 0.717) is 0 Å². The Balaban J connectivity index is 0.000000168. The Bertz CT molecular complexity index is 1260. The molecule has 2 heteroatoms. The molecule has 0 amide bonds. The lowest BCUT2D eigenvalue weighted by Gasteiger charge is -2.35. The summed E-state index contributed by atoms with van der Waals surface area (Å²) in [5.74, 6) is 0. The van der Waals surface area contributed by atoms with Crippen LogP contribution in [0.3, 0.4) is 0 Å². The number of hydrogen-bond donors (Lipinski definition) is 0. The summed E-state index contributed by atoms with van der Waals surface area (Å²) in [5.41, 5.74) is 11.6. The monoisotopic (exact) mass is 556 g/mol. The first-order chi connectivity index (χ1) is 20.3. The predicted molar refractivity (Wildman–Crippen MR) is 180 cm³/mol. The quantitative estimate of drug-likeness (QED) is 0.221. The zero-order valence-corrected chi connectivity index (χ0v) is 26.1. The van der Waals surface area contributed by atoms with E-state index in [1.807, 2.05) is 0 Å². The fraction of sp³-hybridized carbons (Fsp3) is 0.300. The van der Waals surface area contributed by atoms with Crippen LogP contribution in [0.5, 0.6) is 0 Å². The van der Waals surface area contributed by atoms with E-state index in [-0.39, 0.29) is 0 Å². The molecule has 0 spiro atoms. The summed E-state index contributed by atoms with van der Waals surface area (Å²) < 4.78 is 2.28. The van der Waals surface area contributed by atoms with Gasteiger partial charge in [-0.15, -0.1) is 0 Å². The summed E-state index contributed by atoms with van der Waals surface area (Å²) in [4.78, 5) is 0. The number of benzene rings is 4. The molecule has 0 aliphatic carbocycles. The van der Waals surface area contributed by atoms with Crippen molar-refractivity contribution in [3.8, 4) is 0 Å². The van der Waals surface area contributed by atoms with Crippen molar-refractivity contribution in [3.63, 3.8) is 0 Å². The second-order valence-corrected chi connectivity index (χ2v) is 13.2. The highest BCUT2D eigenvalue weighted by molar-refractivity contribution is 5.83. The molecule has 2 nitrogen and oxygen atoms in total. The van der Waals surface area contributed by atoms with Crippen LogP contribution in [0.2, 0.25) is 0 Å². The first-order valence-corrected chi connectivity index (χ1v) is 15.6. The van der Waals surface area contributed by atoms with Gasteiger partial charge in [0, 0.05) is 25.7 Å². The Labute approximate surface area is 254 Å². The Kier molecular flexibility index (Phi) is 9.57. The highest BCUT2D eigenvalue weighted by atomic mass is 15.3. The average Bonchev–Trinajstić information content (AvgIpc) is 3.02. The Morgan fingerprint density at radius 1 is 0.357 bits per heavy atom. The molecule has 0 unspecified atom stereocenters. The Hall–Kier alpha value is -3.72. The maximum absolute atomic E-state index is 2.33. The van der Waals surface area contributed by atoms with E-state index < -0.39 is 0 Å². The summed E-state index contributed by atoms with van der Waals surface area (Å²) in [6, 6.07) is 43.4. The summed E-state index contributed by atoms with van der Waals surface area (Å²) in [6.07, 6.45) is 4.80. The average molecular weight is 557 g/mol. The third kappa shape index (κ3) is 7.76. The molecule has 4 aromatic carbocycles. The van der Waals surface area contributed by atoms with Crippen LogP contribution in [0, 0.1) is 0 Å². The fourth-order valence-electron chi connectivity index (χ4n) is 6.29. The Morgan fingerprint density at radius 2 is 0.571 bits per heavy atom. The van der Waals surface area contributed by atoms with E-state index in [9.17, 15) is 0 Å². The highest BCUT2D eigenvalue weighted by Gasteiger charge is 2.26. The lowest BCUT2D eigenvalue weighted by Crippen LogP contribution is -2.44. The van der Waals surface area contributed by atoms with Crippen molar-refractivity contribution in [2.45, 2.75) is 25.7 Å². The molecular formula is C40H48N2+2. The van der Waals surface area contributed by atoms with Crippen LogP contribution in [-0.4, -0.2) is 63.3 Å². The van der Waals surface area contributed by atoms with Crippen molar-refractivity contribution in [2.24, 2.45) is 0 Å². The molecule has 2 fully saturated rings. The predicted octanol–water partition coefficient (Wildman–Crippen LogP) is 8.72. The lowest BCUT2D eigenvalue weighted by atomic mass is 9.88. The van der Waals surface area contributed by atoms with Gasteiger partial charge in [0.1, 0.15) is 0 Å². The molecule has 0 atom stereocenters. The van der Waals surface area contributed by atoms with Crippen molar-refractivity contribution in [2.75, 3.05) is 54.4 Å². The zero-order chi connectivity index (χ0) is 29.4. The van der Waals surface area contributed by atoms with E-state index >= 15 is 0 Å². The van der Waals surface area contributed by atoms with Gasteiger partial charge in [-0.05, 0) is 33.4 Å². The molecule has 2 aliphatic rings. The minimum Gasteiger partial charge on any atom is -0.328 e. The molecular weight excluding hydrogens is 508 g/mol. The van der Waals surface area contributed by atoms with Crippen LogP contribution >= 0.6 is 0 Å². The SMILES string of the molecule is C[N+]1(C)CCC(=C(c2ccccc2)c2ccccc2)CC1.C[N+]1(C)CCC(=C(c2ccccc2)c2ccccc2)CC1. The van der Waals surface area contributed by atoms with Crippen LogP contribution in [0.25, 0.3) is 11.1 Å². The number of likely N-dealkylation sites (tertiary alicyclic amines) is 2. The first-order valence-electron chi connectivity index (χ1n) is 15.6. The summed E-state index contributed by atoms with van der Waals surface area (Å²) in [7, 11) is 9.34. The smallest absolute Gasteiger partial charge is 0.0820 e. The molecule has 2 aliphatic heterocycles. The van der Waals surface area contributed by atoms with E-state index in [4.69, 9.17) is 0 Å². The zero-order valence-electron chi connectivity index (χ0n) is 26.1. The maximum atomic E-state index is 2.33. The van der Waals surface area contributed by atoms with Gasteiger partial charge in [0.2, 0.25) is 0 Å². The number of piperidine rings is 2. The first kappa shape index (κ1) is 29.8. The lowest BCUT2D eigenvalue weighted by molar-refractivity contribution is -0.892. The van der Waals surface area contributed by atoms with Gasteiger partial charge in [-0.3, -0.25) is 0 Å². The number of hydrogen-bond acceptors (Lipinski definition) is 0. The third-order valence-corrected chi connectivity index (χ3v) is 9.03. The van der Waals surface area contributed by atoms with Crippen molar-refractivity contribution >= 4 is 11.1 Å². The van der Waals surface area contributed by atoms with E-state index in [2.05, 4.69) is 150 Å². The van der Waals surface area contributed by atoms with Crippen molar-refractivity contribution in [1.29, 1.82) is 0 Å². The van der Waals surface area contributed by atoms with Crippen LogP contribution in [0.4, 0.5) is 0 Å². The third-order valence-electron chi connectivity index (χ3n) is 9.03.